The molecule has 3 aromatic rings. The monoisotopic (exact) mass is 374 g/mol. The van der Waals surface area contributed by atoms with Gasteiger partial charge in [0.1, 0.15) is 10.3 Å². The van der Waals surface area contributed by atoms with E-state index in [4.69, 9.17) is 0 Å². The Morgan fingerprint density at radius 3 is 2.36 bits per heavy atom. The predicted molar refractivity (Wildman–Crippen MR) is 81.0 cm³/mol. The van der Waals surface area contributed by atoms with Crippen LogP contribution < -0.4 is 11.2 Å². The maximum Gasteiger partial charge on any atom is 0.333 e. The second-order valence-corrected chi connectivity index (χ2v) is 7.03. The highest BCUT2D eigenvalue weighted by Gasteiger charge is 2.27. The fourth-order valence-electron chi connectivity index (χ4n) is 2.41. The molecule has 0 atom stereocenters. The first-order valence-corrected chi connectivity index (χ1v) is 8.24. The molecule has 3 aromatic heterocycles. The summed E-state index contributed by atoms with van der Waals surface area (Å²) in [5.74, 6) is 0. The van der Waals surface area contributed by atoms with Gasteiger partial charge in [-0.1, -0.05) is 0 Å². The molecule has 0 bridgehead atoms. The normalized spacial score (nSPS) is 12.4. The number of hydrogen-bond donors (Lipinski definition) is 0. The molecule has 13 heteroatoms. The van der Waals surface area contributed by atoms with E-state index in [1.54, 1.807) is 0 Å². The summed E-state index contributed by atoms with van der Waals surface area (Å²) in [5.41, 5.74) is -1.83. The lowest BCUT2D eigenvalue weighted by Gasteiger charge is -2.05. The molecule has 25 heavy (non-hydrogen) atoms. The van der Waals surface area contributed by atoms with E-state index >= 15 is 0 Å². The molecule has 0 aliphatic heterocycles. The van der Waals surface area contributed by atoms with Crippen molar-refractivity contribution in [2.24, 2.45) is 14.1 Å². The van der Waals surface area contributed by atoms with Crippen LogP contribution >= 0.6 is 0 Å². The van der Waals surface area contributed by atoms with Gasteiger partial charge >= 0.3 is 12.2 Å². The number of hydrogen-bond acceptors (Lipinski definition) is 6. The number of alkyl halides is 2. The summed E-state index contributed by atoms with van der Waals surface area (Å²) in [6.45, 7) is -1.84. The van der Waals surface area contributed by atoms with E-state index in [0.717, 1.165) is 21.5 Å². The first kappa shape index (κ1) is 17.0. The van der Waals surface area contributed by atoms with Crippen LogP contribution in [-0.4, -0.2) is 36.5 Å². The molecule has 3 rings (SSSR count). The van der Waals surface area contributed by atoms with Crippen molar-refractivity contribution in [3.05, 3.63) is 38.9 Å². The molecule has 0 aliphatic rings. The van der Waals surface area contributed by atoms with Gasteiger partial charge in [0, 0.05) is 14.1 Å². The molecule has 0 amide bonds. The van der Waals surface area contributed by atoms with E-state index in [2.05, 4.69) is 10.2 Å². The topological polar surface area (TPSA) is 114 Å². The molecule has 0 aliphatic carbocycles. The quantitative estimate of drug-likeness (QED) is 0.615. The minimum Gasteiger partial charge on any atom is -0.279 e. The second kappa shape index (κ2) is 5.34. The summed E-state index contributed by atoms with van der Waals surface area (Å²) >= 11 is 0. The van der Waals surface area contributed by atoms with Gasteiger partial charge in [0.25, 0.3) is 15.6 Å². The molecule has 0 radical (unpaired) electrons. The van der Waals surface area contributed by atoms with Crippen LogP contribution in [0.5, 0.6) is 0 Å². The van der Waals surface area contributed by atoms with Gasteiger partial charge in [-0.05, 0) is 6.92 Å². The van der Waals surface area contributed by atoms with Crippen LogP contribution in [0.25, 0.3) is 11.0 Å². The lowest BCUT2D eigenvalue weighted by atomic mass is 10.4. The van der Waals surface area contributed by atoms with Crippen molar-refractivity contribution in [2.75, 3.05) is 0 Å². The van der Waals surface area contributed by atoms with Gasteiger partial charge < -0.3 is 0 Å². The largest absolute Gasteiger partial charge is 0.333 e. The Hall–Kier alpha value is -2.83. The predicted octanol–water partition coefficient (Wildman–Crippen LogP) is -0.429. The summed E-state index contributed by atoms with van der Waals surface area (Å²) in [7, 11) is -1.81. The van der Waals surface area contributed by atoms with Gasteiger partial charge in [-0.2, -0.15) is 26.4 Å². The van der Waals surface area contributed by atoms with E-state index in [1.807, 2.05) is 0 Å². The fraction of sp³-hybridized carbons (Fsp3) is 0.333. The summed E-state index contributed by atoms with van der Waals surface area (Å²) in [4.78, 5) is 23.5. The van der Waals surface area contributed by atoms with E-state index in [-0.39, 0.29) is 21.4 Å². The van der Waals surface area contributed by atoms with Crippen molar-refractivity contribution >= 4 is 21.1 Å². The van der Waals surface area contributed by atoms with Gasteiger partial charge in [-0.15, -0.1) is 5.10 Å². The Kier molecular flexibility index (Phi) is 3.63. The molecule has 134 valence electrons. The molecule has 0 fully saturated rings. The van der Waals surface area contributed by atoms with Crippen LogP contribution in [0.4, 0.5) is 8.78 Å². The molecule has 0 unspecified atom stereocenters. The van der Waals surface area contributed by atoms with Crippen molar-refractivity contribution in [3.8, 4) is 0 Å². The third kappa shape index (κ3) is 2.30. The average Bonchev–Trinajstić information content (AvgIpc) is 3.15. The SMILES string of the molecule is Cc1c(S(=O)(=O)n2cc3c(=O)n(C)c(=O)n(C)c3n2)cnn1C(F)F. The average molecular weight is 374 g/mol. The molecule has 10 nitrogen and oxygen atoms in total. The number of fused-ring (bicyclic) bond motifs is 1. The molecular formula is C12H12F2N6O4S. The summed E-state index contributed by atoms with van der Waals surface area (Å²) in [5, 5.41) is 7.02. The summed E-state index contributed by atoms with van der Waals surface area (Å²) < 4.78 is 53.5. The minimum absolute atomic E-state index is 0.105. The maximum absolute atomic E-state index is 12.8. The molecule has 0 saturated heterocycles. The Morgan fingerprint density at radius 2 is 1.80 bits per heavy atom. The van der Waals surface area contributed by atoms with Crippen molar-refractivity contribution in [1.29, 1.82) is 0 Å². The highest BCUT2D eigenvalue weighted by molar-refractivity contribution is 7.89. The smallest absolute Gasteiger partial charge is 0.279 e. The van der Waals surface area contributed by atoms with Crippen LogP contribution in [0.15, 0.2) is 26.9 Å². The number of rotatable bonds is 3. The van der Waals surface area contributed by atoms with E-state index in [9.17, 15) is 26.8 Å². The van der Waals surface area contributed by atoms with Crippen LogP contribution in [0.2, 0.25) is 0 Å². The summed E-state index contributed by atoms with van der Waals surface area (Å²) in [6.07, 6.45) is 1.71. The van der Waals surface area contributed by atoms with Gasteiger partial charge in [-0.25, -0.2) is 9.48 Å². The third-order valence-electron chi connectivity index (χ3n) is 3.81. The van der Waals surface area contributed by atoms with Crippen LogP contribution in [0.3, 0.4) is 0 Å². The molecule has 0 N–H and O–H groups in total. The Morgan fingerprint density at radius 1 is 1.16 bits per heavy atom. The Balaban J connectivity index is 2.30. The number of halogens is 2. The van der Waals surface area contributed by atoms with Gasteiger partial charge in [0.15, 0.2) is 5.65 Å². The highest BCUT2D eigenvalue weighted by atomic mass is 32.2. The maximum atomic E-state index is 12.8. The second-order valence-electron chi connectivity index (χ2n) is 5.27. The number of aryl methyl sites for hydroxylation is 1. The van der Waals surface area contributed by atoms with Gasteiger partial charge in [-0.3, -0.25) is 13.9 Å². The summed E-state index contributed by atoms with van der Waals surface area (Å²) in [6, 6.07) is 0. The van der Waals surface area contributed by atoms with Gasteiger partial charge in [0.2, 0.25) is 0 Å². The van der Waals surface area contributed by atoms with E-state index in [0.29, 0.717) is 4.09 Å². The highest BCUT2D eigenvalue weighted by Crippen LogP contribution is 2.22. The lowest BCUT2D eigenvalue weighted by Crippen LogP contribution is -2.36. The van der Waals surface area contributed by atoms with E-state index in [1.165, 1.54) is 21.0 Å². The standard InChI is InChI=1S/C12H12F2N6O4S/c1-6-8(4-15-20(6)11(13)14)25(23,24)19-5-7-9(16-19)17(2)12(22)18(3)10(7)21/h4-5,11H,1-3H3. The van der Waals surface area contributed by atoms with Crippen LogP contribution in [0, 0.1) is 6.92 Å². The van der Waals surface area contributed by atoms with Gasteiger partial charge in [0.05, 0.1) is 18.1 Å². The zero-order valence-corrected chi connectivity index (χ0v) is 14.0. The van der Waals surface area contributed by atoms with Crippen molar-refractivity contribution < 1.29 is 17.2 Å². The van der Waals surface area contributed by atoms with Crippen LogP contribution in [-0.2, 0) is 24.1 Å². The number of aromatic nitrogens is 6. The molecule has 0 saturated carbocycles. The van der Waals surface area contributed by atoms with Crippen molar-refractivity contribution in [1.82, 2.24) is 28.1 Å². The third-order valence-corrected chi connectivity index (χ3v) is 5.45. The van der Waals surface area contributed by atoms with E-state index < -0.39 is 32.7 Å². The Labute approximate surface area is 138 Å². The van der Waals surface area contributed by atoms with Crippen LogP contribution in [0.1, 0.15) is 12.2 Å². The van der Waals surface area contributed by atoms with Crippen molar-refractivity contribution in [3.63, 3.8) is 0 Å². The Bertz CT molecular complexity index is 1220. The first-order valence-electron chi connectivity index (χ1n) is 6.80. The fourth-order valence-corrected chi connectivity index (χ4v) is 3.69. The lowest BCUT2D eigenvalue weighted by molar-refractivity contribution is 0.0541. The molecular weight excluding hydrogens is 362 g/mol. The zero-order chi connectivity index (χ0) is 18.7. The molecule has 3 heterocycles. The minimum atomic E-state index is -4.38. The zero-order valence-electron chi connectivity index (χ0n) is 13.2. The number of nitrogens with zero attached hydrogens (tertiary/aromatic N) is 6. The molecule has 0 spiro atoms. The van der Waals surface area contributed by atoms with Crippen molar-refractivity contribution in [2.45, 2.75) is 18.4 Å². The first-order chi connectivity index (χ1) is 11.6. The molecule has 0 aromatic carbocycles.